The summed E-state index contributed by atoms with van der Waals surface area (Å²) in [5.74, 6) is 3.93. The van der Waals surface area contributed by atoms with Gasteiger partial charge in [0.25, 0.3) is 0 Å². The zero-order chi connectivity index (χ0) is 12.5. The third-order valence-corrected chi connectivity index (χ3v) is 2.69. The fourth-order valence-electron chi connectivity index (χ4n) is 1.70. The lowest BCUT2D eigenvalue weighted by Crippen LogP contribution is -2.06. The Hall–Kier alpha value is -1.45. The molecule has 0 N–H and O–H groups in total. The van der Waals surface area contributed by atoms with Gasteiger partial charge in [0.2, 0.25) is 0 Å². The van der Waals surface area contributed by atoms with Crippen LogP contribution in [-0.2, 0) is 14.3 Å². The number of carbonyl (C=O) groups excluding carboxylic acids is 1. The summed E-state index contributed by atoms with van der Waals surface area (Å²) in [7, 11) is 0. The minimum absolute atomic E-state index is 0.0248. The molecule has 17 heavy (non-hydrogen) atoms. The van der Waals surface area contributed by atoms with E-state index in [9.17, 15) is 4.79 Å². The van der Waals surface area contributed by atoms with E-state index in [1.54, 1.807) is 0 Å². The Labute approximate surface area is 103 Å². The SMILES string of the molecule is C#CC#COC(=O)CC1OC1CCCCCC. The van der Waals surface area contributed by atoms with E-state index in [2.05, 4.69) is 29.6 Å². The van der Waals surface area contributed by atoms with E-state index in [4.69, 9.17) is 11.2 Å². The maximum Gasteiger partial charge on any atom is 0.322 e. The van der Waals surface area contributed by atoms with E-state index in [1.807, 2.05) is 0 Å². The molecular formula is C14H18O3. The van der Waals surface area contributed by atoms with Crippen molar-refractivity contribution in [1.82, 2.24) is 0 Å². The van der Waals surface area contributed by atoms with Crippen molar-refractivity contribution in [3.05, 3.63) is 0 Å². The zero-order valence-corrected chi connectivity index (χ0v) is 10.2. The highest BCUT2D eigenvalue weighted by Crippen LogP contribution is 2.30. The maximum atomic E-state index is 11.2. The number of carbonyl (C=O) groups is 1. The Morgan fingerprint density at radius 3 is 2.88 bits per heavy atom. The lowest BCUT2D eigenvalue weighted by atomic mass is 10.1. The number of epoxide rings is 1. The Morgan fingerprint density at radius 2 is 2.18 bits per heavy atom. The van der Waals surface area contributed by atoms with Crippen molar-refractivity contribution >= 4 is 5.97 Å². The van der Waals surface area contributed by atoms with Crippen LogP contribution in [-0.4, -0.2) is 18.2 Å². The summed E-state index contributed by atoms with van der Waals surface area (Å²) >= 11 is 0. The number of unbranched alkanes of at least 4 members (excludes halogenated alkanes) is 3. The van der Waals surface area contributed by atoms with Crippen LogP contribution in [0.5, 0.6) is 0 Å². The van der Waals surface area contributed by atoms with Gasteiger partial charge in [-0.05, 0) is 12.3 Å². The van der Waals surface area contributed by atoms with Crippen molar-refractivity contribution in [1.29, 1.82) is 0 Å². The van der Waals surface area contributed by atoms with Gasteiger partial charge in [-0.15, -0.1) is 6.42 Å². The molecule has 1 aliphatic rings. The van der Waals surface area contributed by atoms with Crippen LogP contribution in [0.3, 0.4) is 0 Å². The van der Waals surface area contributed by atoms with Crippen molar-refractivity contribution in [2.24, 2.45) is 0 Å². The van der Waals surface area contributed by atoms with Crippen LogP contribution < -0.4 is 0 Å². The van der Waals surface area contributed by atoms with Crippen LogP contribution in [0.4, 0.5) is 0 Å². The first-order chi connectivity index (χ1) is 8.27. The minimum atomic E-state index is -0.367. The topological polar surface area (TPSA) is 38.8 Å². The van der Waals surface area contributed by atoms with Crippen molar-refractivity contribution in [3.63, 3.8) is 0 Å². The first kappa shape index (κ1) is 13.6. The Balaban J connectivity index is 2.03. The van der Waals surface area contributed by atoms with Crippen LogP contribution in [0.25, 0.3) is 0 Å². The van der Waals surface area contributed by atoms with Gasteiger partial charge in [-0.2, -0.15) is 0 Å². The molecule has 0 spiro atoms. The van der Waals surface area contributed by atoms with Gasteiger partial charge in [0.15, 0.2) is 0 Å². The molecule has 3 heteroatoms. The highest BCUT2D eigenvalue weighted by atomic mass is 16.6. The summed E-state index contributed by atoms with van der Waals surface area (Å²) in [6.07, 6.45) is 13.5. The number of rotatable bonds is 7. The van der Waals surface area contributed by atoms with Crippen molar-refractivity contribution in [2.75, 3.05) is 0 Å². The molecule has 2 atom stereocenters. The van der Waals surface area contributed by atoms with E-state index in [0.29, 0.717) is 0 Å². The van der Waals surface area contributed by atoms with Gasteiger partial charge < -0.3 is 9.47 Å². The summed E-state index contributed by atoms with van der Waals surface area (Å²) in [5.41, 5.74) is 0. The maximum absolute atomic E-state index is 11.2. The van der Waals surface area contributed by atoms with Crippen LogP contribution >= 0.6 is 0 Å². The zero-order valence-electron chi connectivity index (χ0n) is 10.2. The second-order valence-corrected chi connectivity index (χ2v) is 4.11. The van der Waals surface area contributed by atoms with Crippen LogP contribution in [0, 0.1) is 24.4 Å². The molecule has 92 valence electrons. The number of hydrogen-bond acceptors (Lipinski definition) is 3. The molecule has 0 aromatic carbocycles. The summed E-state index contributed by atoms with van der Waals surface area (Å²) < 4.78 is 9.99. The monoisotopic (exact) mass is 234 g/mol. The standard InChI is InChI=1S/C14H18O3/c1-3-5-7-8-9-12-13(17-12)11-14(15)16-10-6-4-2/h2,12-13H,3,5,7-9,11H2,1H3. The molecule has 0 saturated carbocycles. The van der Waals surface area contributed by atoms with E-state index in [-0.39, 0.29) is 24.6 Å². The Bertz CT molecular complexity index is 343. The first-order valence-corrected chi connectivity index (χ1v) is 6.08. The van der Waals surface area contributed by atoms with E-state index in [1.165, 1.54) is 25.7 Å². The molecule has 1 aliphatic heterocycles. The van der Waals surface area contributed by atoms with Gasteiger partial charge in [0.05, 0.1) is 18.6 Å². The predicted molar refractivity (Wildman–Crippen MR) is 64.7 cm³/mol. The third kappa shape index (κ3) is 6.00. The summed E-state index contributed by atoms with van der Waals surface area (Å²) in [6.45, 7) is 2.18. The number of hydrogen-bond donors (Lipinski definition) is 0. The molecule has 0 bridgehead atoms. The molecule has 1 saturated heterocycles. The quantitative estimate of drug-likeness (QED) is 0.293. The molecule has 0 amide bonds. The second-order valence-electron chi connectivity index (χ2n) is 4.11. The molecule has 0 radical (unpaired) electrons. The Morgan fingerprint density at radius 1 is 1.35 bits per heavy atom. The van der Waals surface area contributed by atoms with E-state index in [0.717, 1.165) is 6.42 Å². The van der Waals surface area contributed by atoms with Gasteiger partial charge in [0, 0.05) is 5.92 Å². The second kappa shape index (κ2) is 7.76. The number of ether oxygens (including phenoxy) is 2. The molecule has 1 heterocycles. The van der Waals surface area contributed by atoms with E-state index >= 15 is 0 Å². The highest BCUT2D eigenvalue weighted by molar-refractivity contribution is 5.71. The largest absolute Gasteiger partial charge is 0.371 e. The number of esters is 1. The van der Waals surface area contributed by atoms with Gasteiger partial charge in [-0.1, -0.05) is 32.6 Å². The highest BCUT2D eigenvalue weighted by Gasteiger charge is 2.39. The summed E-state index contributed by atoms with van der Waals surface area (Å²) in [4.78, 5) is 11.2. The lowest BCUT2D eigenvalue weighted by molar-refractivity contribution is -0.137. The molecule has 2 unspecified atom stereocenters. The van der Waals surface area contributed by atoms with Gasteiger partial charge >= 0.3 is 5.97 Å². The van der Waals surface area contributed by atoms with Crippen molar-refractivity contribution < 1.29 is 14.3 Å². The van der Waals surface area contributed by atoms with Gasteiger partial charge in [-0.3, -0.25) is 4.79 Å². The minimum Gasteiger partial charge on any atom is -0.371 e. The molecule has 1 rings (SSSR count). The number of terminal acetylenes is 1. The third-order valence-electron chi connectivity index (χ3n) is 2.69. The molecular weight excluding hydrogens is 216 g/mol. The van der Waals surface area contributed by atoms with Crippen LogP contribution in [0.2, 0.25) is 0 Å². The Kier molecular flexibility index (Phi) is 6.22. The lowest BCUT2D eigenvalue weighted by Gasteiger charge is -1.96. The molecule has 0 aliphatic carbocycles. The fourth-order valence-corrected chi connectivity index (χ4v) is 1.70. The van der Waals surface area contributed by atoms with Crippen molar-refractivity contribution in [3.8, 4) is 24.4 Å². The predicted octanol–water partition coefficient (Wildman–Crippen LogP) is 2.25. The smallest absolute Gasteiger partial charge is 0.322 e. The molecule has 3 nitrogen and oxygen atoms in total. The molecule has 0 aromatic heterocycles. The summed E-state index contributed by atoms with van der Waals surface area (Å²) in [6, 6.07) is 0. The normalized spacial score (nSPS) is 20.9. The van der Waals surface area contributed by atoms with Crippen LogP contribution in [0.1, 0.15) is 45.4 Å². The average Bonchev–Trinajstić information content (AvgIpc) is 3.03. The van der Waals surface area contributed by atoms with Gasteiger partial charge in [0.1, 0.15) is 6.11 Å². The van der Waals surface area contributed by atoms with Crippen molar-refractivity contribution in [2.45, 2.75) is 57.7 Å². The van der Waals surface area contributed by atoms with E-state index < -0.39 is 0 Å². The molecule has 0 aromatic rings. The van der Waals surface area contributed by atoms with Crippen LogP contribution in [0.15, 0.2) is 0 Å². The summed E-state index contributed by atoms with van der Waals surface area (Å²) in [5, 5.41) is 0. The molecule has 1 fully saturated rings. The first-order valence-electron chi connectivity index (χ1n) is 6.08. The fraction of sp³-hybridized carbons (Fsp3) is 0.643. The average molecular weight is 234 g/mol. The van der Waals surface area contributed by atoms with Gasteiger partial charge in [-0.25, -0.2) is 0 Å².